The van der Waals surface area contributed by atoms with E-state index in [1.165, 1.54) is 0 Å². The summed E-state index contributed by atoms with van der Waals surface area (Å²) >= 11 is 0. The molecule has 0 aromatic heterocycles. The molecule has 0 fully saturated rings. The molecule has 2 aromatic rings. The maximum absolute atomic E-state index is 9.90. The van der Waals surface area contributed by atoms with Crippen LogP contribution in [0.3, 0.4) is 0 Å². The van der Waals surface area contributed by atoms with E-state index in [2.05, 4.69) is 0 Å². The zero-order valence-corrected chi connectivity index (χ0v) is 9.32. The van der Waals surface area contributed by atoms with Crippen LogP contribution in [0.25, 0.3) is 6.08 Å². The van der Waals surface area contributed by atoms with Crippen LogP contribution in [-0.4, -0.2) is 10.2 Å². The molecular formula is C15H14O2. The van der Waals surface area contributed by atoms with E-state index in [1.807, 2.05) is 36.4 Å². The number of hydrogen-bond acceptors (Lipinski definition) is 2. The number of hydrogen-bond donors (Lipinski definition) is 2. The quantitative estimate of drug-likeness (QED) is 0.844. The minimum atomic E-state index is -0.657. The van der Waals surface area contributed by atoms with Gasteiger partial charge in [0.2, 0.25) is 0 Å². The molecule has 2 aromatic carbocycles. The third-order valence-electron chi connectivity index (χ3n) is 2.54. The van der Waals surface area contributed by atoms with E-state index < -0.39 is 6.10 Å². The Morgan fingerprint density at radius 3 is 2.24 bits per heavy atom. The summed E-state index contributed by atoms with van der Waals surface area (Å²) < 4.78 is 0. The summed E-state index contributed by atoms with van der Waals surface area (Å²) in [5, 5.41) is 19.5. The molecule has 2 nitrogen and oxygen atoms in total. The second-order valence-corrected chi connectivity index (χ2v) is 3.77. The highest BCUT2D eigenvalue weighted by atomic mass is 16.3. The van der Waals surface area contributed by atoms with Crippen molar-refractivity contribution in [1.29, 1.82) is 0 Å². The molecule has 0 aliphatic carbocycles. The zero-order valence-electron chi connectivity index (χ0n) is 9.32. The molecule has 0 spiro atoms. The van der Waals surface area contributed by atoms with Crippen LogP contribution >= 0.6 is 0 Å². The zero-order chi connectivity index (χ0) is 12.1. The Hall–Kier alpha value is -2.06. The Bertz CT molecular complexity index is 503. The van der Waals surface area contributed by atoms with Gasteiger partial charge in [0, 0.05) is 5.56 Å². The van der Waals surface area contributed by atoms with Gasteiger partial charge in [0.1, 0.15) is 5.75 Å². The number of benzene rings is 2. The lowest BCUT2D eigenvalue weighted by Gasteiger charge is -2.05. The largest absolute Gasteiger partial charge is 0.507 e. The highest BCUT2D eigenvalue weighted by Gasteiger charge is 2.02. The van der Waals surface area contributed by atoms with E-state index in [1.54, 1.807) is 30.4 Å². The van der Waals surface area contributed by atoms with Crippen molar-refractivity contribution >= 4 is 6.08 Å². The minimum absolute atomic E-state index is 0.212. The van der Waals surface area contributed by atoms with Crippen LogP contribution in [0.4, 0.5) is 0 Å². The first kappa shape index (κ1) is 11.4. The summed E-state index contributed by atoms with van der Waals surface area (Å²) in [4.78, 5) is 0. The second-order valence-electron chi connectivity index (χ2n) is 3.77. The fourth-order valence-electron chi connectivity index (χ4n) is 1.58. The van der Waals surface area contributed by atoms with Crippen LogP contribution in [0.2, 0.25) is 0 Å². The maximum atomic E-state index is 9.90. The summed E-state index contributed by atoms with van der Waals surface area (Å²) in [5.41, 5.74) is 1.53. The highest BCUT2D eigenvalue weighted by Crippen LogP contribution is 2.20. The molecule has 0 amide bonds. The van der Waals surface area contributed by atoms with Crippen molar-refractivity contribution in [2.24, 2.45) is 0 Å². The molecule has 1 atom stereocenters. The van der Waals surface area contributed by atoms with Gasteiger partial charge in [-0.3, -0.25) is 0 Å². The Kier molecular flexibility index (Phi) is 3.58. The Balaban J connectivity index is 2.14. The van der Waals surface area contributed by atoms with Gasteiger partial charge in [-0.25, -0.2) is 0 Å². The SMILES string of the molecule is Oc1ccccc1/C=C\C(O)c1ccccc1. The molecule has 2 rings (SSSR count). The average Bonchev–Trinajstić information content (AvgIpc) is 2.38. The number of rotatable bonds is 3. The standard InChI is InChI=1S/C15H14O2/c16-14-9-5-4-8-13(14)10-11-15(17)12-6-2-1-3-7-12/h1-11,15-17H/b11-10-. The van der Waals surface area contributed by atoms with Crippen LogP contribution in [0, 0.1) is 0 Å². The Morgan fingerprint density at radius 1 is 0.882 bits per heavy atom. The second kappa shape index (κ2) is 5.32. The number of aromatic hydroxyl groups is 1. The van der Waals surface area contributed by atoms with Crippen LogP contribution in [0.5, 0.6) is 5.75 Å². The first-order valence-corrected chi connectivity index (χ1v) is 5.46. The van der Waals surface area contributed by atoms with Crippen molar-refractivity contribution in [2.45, 2.75) is 6.10 Å². The summed E-state index contributed by atoms with van der Waals surface area (Å²) in [7, 11) is 0. The lowest BCUT2D eigenvalue weighted by molar-refractivity contribution is 0.229. The van der Waals surface area contributed by atoms with Crippen molar-refractivity contribution in [3.63, 3.8) is 0 Å². The smallest absolute Gasteiger partial charge is 0.122 e. The molecule has 0 aliphatic heterocycles. The molecule has 17 heavy (non-hydrogen) atoms. The molecule has 0 heterocycles. The fourth-order valence-corrected chi connectivity index (χ4v) is 1.58. The maximum Gasteiger partial charge on any atom is 0.122 e. The predicted molar refractivity (Wildman–Crippen MR) is 68.5 cm³/mol. The van der Waals surface area contributed by atoms with Crippen LogP contribution in [0.1, 0.15) is 17.2 Å². The lowest BCUT2D eigenvalue weighted by atomic mass is 10.1. The summed E-state index contributed by atoms with van der Waals surface area (Å²) in [6, 6.07) is 16.4. The van der Waals surface area contributed by atoms with Gasteiger partial charge in [0.05, 0.1) is 6.10 Å². The Labute approximate surface area is 100 Å². The fraction of sp³-hybridized carbons (Fsp3) is 0.0667. The molecule has 0 saturated heterocycles. The van der Waals surface area contributed by atoms with Gasteiger partial charge < -0.3 is 10.2 Å². The van der Waals surface area contributed by atoms with Gasteiger partial charge in [-0.1, -0.05) is 60.7 Å². The molecule has 0 radical (unpaired) electrons. The molecular weight excluding hydrogens is 212 g/mol. The van der Waals surface area contributed by atoms with Crippen LogP contribution in [0.15, 0.2) is 60.7 Å². The highest BCUT2D eigenvalue weighted by molar-refractivity contribution is 5.57. The van der Waals surface area contributed by atoms with Crippen molar-refractivity contribution < 1.29 is 10.2 Å². The van der Waals surface area contributed by atoms with E-state index in [4.69, 9.17) is 0 Å². The van der Waals surface area contributed by atoms with Crippen molar-refractivity contribution in [3.05, 3.63) is 71.8 Å². The third-order valence-corrected chi connectivity index (χ3v) is 2.54. The monoisotopic (exact) mass is 226 g/mol. The van der Waals surface area contributed by atoms with E-state index >= 15 is 0 Å². The normalized spacial score (nSPS) is 12.8. The summed E-state index contributed by atoms with van der Waals surface area (Å²) in [5.74, 6) is 0.212. The molecule has 0 bridgehead atoms. The number of para-hydroxylation sites is 1. The molecule has 0 aliphatic rings. The summed E-state index contributed by atoms with van der Waals surface area (Å²) in [6.45, 7) is 0. The molecule has 2 heteroatoms. The third kappa shape index (κ3) is 2.95. The van der Waals surface area contributed by atoms with Gasteiger partial charge in [-0.05, 0) is 11.6 Å². The van der Waals surface area contributed by atoms with Crippen LogP contribution < -0.4 is 0 Å². The first-order chi connectivity index (χ1) is 8.27. The minimum Gasteiger partial charge on any atom is -0.507 e. The van der Waals surface area contributed by atoms with Gasteiger partial charge >= 0.3 is 0 Å². The molecule has 2 N–H and O–H groups in total. The first-order valence-electron chi connectivity index (χ1n) is 5.46. The number of phenols is 1. The number of aliphatic hydroxyl groups is 1. The predicted octanol–water partition coefficient (Wildman–Crippen LogP) is 3.14. The number of aliphatic hydroxyl groups excluding tert-OH is 1. The van der Waals surface area contributed by atoms with Crippen molar-refractivity contribution in [3.8, 4) is 5.75 Å². The molecule has 86 valence electrons. The topological polar surface area (TPSA) is 40.5 Å². The lowest BCUT2D eigenvalue weighted by Crippen LogP contribution is -1.91. The van der Waals surface area contributed by atoms with E-state index in [0.29, 0.717) is 5.56 Å². The van der Waals surface area contributed by atoms with Gasteiger partial charge in [0.15, 0.2) is 0 Å². The van der Waals surface area contributed by atoms with E-state index in [0.717, 1.165) is 5.56 Å². The van der Waals surface area contributed by atoms with E-state index in [9.17, 15) is 10.2 Å². The van der Waals surface area contributed by atoms with Gasteiger partial charge in [-0.2, -0.15) is 0 Å². The molecule has 0 saturated carbocycles. The summed E-state index contributed by atoms with van der Waals surface area (Å²) in [6.07, 6.45) is 2.72. The van der Waals surface area contributed by atoms with Gasteiger partial charge in [-0.15, -0.1) is 0 Å². The Morgan fingerprint density at radius 2 is 1.53 bits per heavy atom. The van der Waals surface area contributed by atoms with Gasteiger partial charge in [0.25, 0.3) is 0 Å². The van der Waals surface area contributed by atoms with Crippen LogP contribution in [-0.2, 0) is 0 Å². The van der Waals surface area contributed by atoms with Crippen molar-refractivity contribution in [1.82, 2.24) is 0 Å². The number of phenolic OH excluding ortho intramolecular Hbond substituents is 1. The molecule has 1 unspecified atom stereocenters. The average molecular weight is 226 g/mol. The van der Waals surface area contributed by atoms with Crippen molar-refractivity contribution in [2.75, 3.05) is 0 Å². The van der Waals surface area contributed by atoms with E-state index in [-0.39, 0.29) is 5.75 Å².